The van der Waals surface area contributed by atoms with Crippen LogP contribution in [0.25, 0.3) is 0 Å². The second-order valence-corrected chi connectivity index (χ2v) is 10.8. The lowest BCUT2D eigenvalue weighted by Gasteiger charge is -2.19. The van der Waals surface area contributed by atoms with Crippen molar-refractivity contribution in [2.45, 2.75) is 43.9 Å². The van der Waals surface area contributed by atoms with Gasteiger partial charge in [0.25, 0.3) is 5.91 Å². The predicted molar refractivity (Wildman–Crippen MR) is 124 cm³/mol. The molecule has 0 saturated carbocycles. The third-order valence-electron chi connectivity index (χ3n) is 5.50. The number of hydrogen-bond donors (Lipinski definition) is 1. The van der Waals surface area contributed by atoms with Gasteiger partial charge in [-0.3, -0.25) is 4.79 Å². The Bertz CT molecular complexity index is 1040. The van der Waals surface area contributed by atoms with Crippen molar-refractivity contribution in [2.75, 3.05) is 33.4 Å². The summed E-state index contributed by atoms with van der Waals surface area (Å²) in [6, 6.07) is 12.3. The first-order chi connectivity index (χ1) is 15.1. The first kappa shape index (κ1) is 24.1. The molecule has 0 radical (unpaired) electrons. The minimum atomic E-state index is -3.62. The molecule has 1 aliphatic rings. The fraction of sp³-hybridized carbons (Fsp3) is 0.458. The number of amides is 1. The summed E-state index contributed by atoms with van der Waals surface area (Å²) in [7, 11) is -2.17. The molecule has 0 aliphatic carbocycles. The highest BCUT2D eigenvalue weighted by Gasteiger charge is 2.28. The van der Waals surface area contributed by atoms with Crippen molar-refractivity contribution in [1.29, 1.82) is 0 Å². The summed E-state index contributed by atoms with van der Waals surface area (Å²) in [5.41, 5.74) is 1.47. The van der Waals surface area contributed by atoms with Crippen molar-refractivity contribution in [3.8, 4) is 11.5 Å². The van der Waals surface area contributed by atoms with E-state index in [1.807, 2.05) is 24.3 Å². The molecule has 8 heteroatoms. The zero-order valence-corrected chi connectivity index (χ0v) is 20.0. The lowest BCUT2D eigenvalue weighted by atomic mass is 9.87. The lowest BCUT2D eigenvalue weighted by Crippen LogP contribution is -2.30. The number of ether oxygens (including phenoxy) is 2. The number of nitrogens with zero attached hydrogens (tertiary/aromatic N) is 1. The van der Waals surface area contributed by atoms with Crippen LogP contribution in [0.15, 0.2) is 47.4 Å². The van der Waals surface area contributed by atoms with Gasteiger partial charge in [-0.2, -0.15) is 4.31 Å². The van der Waals surface area contributed by atoms with E-state index in [9.17, 15) is 13.2 Å². The van der Waals surface area contributed by atoms with Crippen molar-refractivity contribution >= 4 is 15.9 Å². The van der Waals surface area contributed by atoms with E-state index >= 15 is 0 Å². The SMILES string of the molecule is COc1ccc(S(=O)(=O)N2CCCC2)cc1C(=O)NCCOc1ccc(C(C)(C)C)cc1. The Hall–Kier alpha value is -2.58. The average Bonchev–Trinajstić information content (AvgIpc) is 3.32. The first-order valence-corrected chi connectivity index (χ1v) is 12.3. The topological polar surface area (TPSA) is 84.9 Å². The molecule has 1 N–H and O–H groups in total. The maximum Gasteiger partial charge on any atom is 0.255 e. The number of rotatable bonds is 8. The van der Waals surface area contributed by atoms with E-state index in [0.29, 0.717) is 18.8 Å². The Balaban J connectivity index is 1.62. The number of benzene rings is 2. The zero-order chi connectivity index (χ0) is 23.4. The molecule has 7 nitrogen and oxygen atoms in total. The monoisotopic (exact) mass is 460 g/mol. The number of carbonyl (C=O) groups excluding carboxylic acids is 1. The Morgan fingerprint density at radius 3 is 2.31 bits per heavy atom. The molecule has 0 unspecified atom stereocenters. The van der Waals surface area contributed by atoms with Crippen molar-refractivity contribution in [1.82, 2.24) is 9.62 Å². The van der Waals surface area contributed by atoms with Gasteiger partial charge < -0.3 is 14.8 Å². The minimum absolute atomic E-state index is 0.0718. The Morgan fingerprint density at radius 2 is 1.72 bits per heavy atom. The summed E-state index contributed by atoms with van der Waals surface area (Å²) < 4.78 is 38.1. The highest BCUT2D eigenvalue weighted by atomic mass is 32.2. The number of sulfonamides is 1. The van der Waals surface area contributed by atoms with Crippen LogP contribution >= 0.6 is 0 Å². The van der Waals surface area contributed by atoms with Crippen LogP contribution in [0, 0.1) is 0 Å². The molecule has 1 fully saturated rings. The quantitative estimate of drug-likeness (QED) is 0.609. The number of methoxy groups -OCH3 is 1. The van der Waals surface area contributed by atoms with Crippen LogP contribution in [0.1, 0.15) is 49.5 Å². The Kier molecular flexibility index (Phi) is 7.46. The van der Waals surface area contributed by atoms with E-state index in [1.165, 1.54) is 35.2 Å². The summed E-state index contributed by atoms with van der Waals surface area (Å²) in [5.74, 6) is 0.636. The summed E-state index contributed by atoms with van der Waals surface area (Å²) in [6.45, 7) is 8.02. The molecule has 32 heavy (non-hydrogen) atoms. The van der Waals surface area contributed by atoms with Crippen molar-refractivity contribution in [3.63, 3.8) is 0 Å². The van der Waals surface area contributed by atoms with Gasteiger partial charge in [0.2, 0.25) is 10.0 Å². The fourth-order valence-electron chi connectivity index (χ4n) is 3.58. The van der Waals surface area contributed by atoms with Gasteiger partial charge in [0, 0.05) is 13.1 Å². The average molecular weight is 461 g/mol. The molecule has 0 spiro atoms. The molecule has 0 atom stereocenters. The summed E-state index contributed by atoms with van der Waals surface area (Å²) in [6.07, 6.45) is 1.70. The molecular formula is C24H32N2O5S. The van der Waals surface area contributed by atoms with Crippen LogP contribution in [0.3, 0.4) is 0 Å². The molecule has 2 aromatic carbocycles. The third-order valence-corrected chi connectivity index (χ3v) is 7.39. The Labute approximate surface area is 190 Å². The number of carbonyl (C=O) groups is 1. The molecule has 174 valence electrons. The van der Waals surface area contributed by atoms with E-state index in [2.05, 4.69) is 26.1 Å². The summed E-state index contributed by atoms with van der Waals surface area (Å²) in [5, 5.41) is 2.78. The van der Waals surface area contributed by atoms with Crippen LogP contribution in [0.4, 0.5) is 0 Å². The highest BCUT2D eigenvalue weighted by molar-refractivity contribution is 7.89. The summed E-state index contributed by atoms with van der Waals surface area (Å²) in [4.78, 5) is 12.8. The normalized spacial score (nSPS) is 14.9. The second kappa shape index (κ2) is 9.92. The predicted octanol–water partition coefficient (Wildman–Crippen LogP) is 3.59. The van der Waals surface area contributed by atoms with Crippen LogP contribution in [0.2, 0.25) is 0 Å². The first-order valence-electron chi connectivity index (χ1n) is 10.8. The highest BCUT2D eigenvalue weighted by Crippen LogP contribution is 2.27. The van der Waals surface area contributed by atoms with Gasteiger partial charge in [0.05, 0.1) is 24.1 Å². The standard InChI is InChI=1S/C24H32N2O5S/c1-24(2,3)18-7-9-19(10-8-18)31-16-13-25-23(27)21-17-20(11-12-22(21)30-4)32(28,29)26-14-5-6-15-26/h7-12,17H,5-6,13-16H2,1-4H3,(H,25,27). The van der Waals surface area contributed by atoms with E-state index < -0.39 is 15.9 Å². The van der Waals surface area contributed by atoms with Crippen molar-refractivity contribution in [3.05, 3.63) is 53.6 Å². The molecule has 1 heterocycles. The van der Waals surface area contributed by atoms with Crippen LogP contribution in [-0.2, 0) is 15.4 Å². The molecular weight excluding hydrogens is 428 g/mol. The smallest absolute Gasteiger partial charge is 0.255 e. The second-order valence-electron chi connectivity index (χ2n) is 8.85. The molecule has 1 aliphatic heterocycles. The largest absolute Gasteiger partial charge is 0.496 e. The zero-order valence-electron chi connectivity index (χ0n) is 19.2. The van der Waals surface area contributed by atoms with Crippen LogP contribution in [-0.4, -0.2) is 52.0 Å². The van der Waals surface area contributed by atoms with Gasteiger partial charge in [-0.25, -0.2) is 8.42 Å². The van der Waals surface area contributed by atoms with E-state index in [0.717, 1.165) is 18.6 Å². The van der Waals surface area contributed by atoms with Gasteiger partial charge in [0.1, 0.15) is 18.1 Å². The molecule has 0 aromatic heterocycles. The third kappa shape index (κ3) is 5.61. The molecule has 3 rings (SSSR count). The van der Waals surface area contributed by atoms with Crippen molar-refractivity contribution in [2.24, 2.45) is 0 Å². The molecule has 2 aromatic rings. The summed E-state index contributed by atoms with van der Waals surface area (Å²) >= 11 is 0. The van der Waals surface area contributed by atoms with Gasteiger partial charge in [-0.05, 0) is 54.2 Å². The van der Waals surface area contributed by atoms with E-state index in [1.54, 1.807) is 0 Å². The number of hydrogen-bond acceptors (Lipinski definition) is 5. The molecule has 0 bridgehead atoms. The lowest BCUT2D eigenvalue weighted by molar-refractivity contribution is 0.0943. The van der Waals surface area contributed by atoms with Crippen LogP contribution < -0.4 is 14.8 Å². The maximum atomic E-state index is 12.8. The van der Waals surface area contributed by atoms with Gasteiger partial charge >= 0.3 is 0 Å². The van der Waals surface area contributed by atoms with Crippen LogP contribution in [0.5, 0.6) is 11.5 Å². The van der Waals surface area contributed by atoms with Gasteiger partial charge in [-0.1, -0.05) is 32.9 Å². The number of nitrogens with one attached hydrogen (secondary N) is 1. The molecule has 1 saturated heterocycles. The van der Waals surface area contributed by atoms with E-state index in [4.69, 9.17) is 9.47 Å². The van der Waals surface area contributed by atoms with Gasteiger partial charge in [0.15, 0.2) is 0 Å². The van der Waals surface area contributed by atoms with E-state index in [-0.39, 0.29) is 29.0 Å². The van der Waals surface area contributed by atoms with Crippen molar-refractivity contribution < 1.29 is 22.7 Å². The minimum Gasteiger partial charge on any atom is -0.496 e. The fourth-order valence-corrected chi connectivity index (χ4v) is 5.13. The van der Waals surface area contributed by atoms with Gasteiger partial charge in [-0.15, -0.1) is 0 Å². The molecule has 1 amide bonds. The Morgan fingerprint density at radius 1 is 1.06 bits per heavy atom. The maximum absolute atomic E-state index is 12.8.